The maximum absolute atomic E-state index is 12.1. The number of anilines is 1. The van der Waals surface area contributed by atoms with Crippen molar-refractivity contribution in [2.75, 3.05) is 38.3 Å². The summed E-state index contributed by atoms with van der Waals surface area (Å²) in [4.78, 5) is 19.0. The molecule has 3 atom stereocenters. The van der Waals surface area contributed by atoms with Crippen LogP contribution in [0.3, 0.4) is 0 Å². The summed E-state index contributed by atoms with van der Waals surface area (Å²) < 4.78 is 11.1. The second-order valence-electron chi connectivity index (χ2n) is 8.80. The molecular weight excluding hydrogens is 428 g/mol. The van der Waals surface area contributed by atoms with E-state index in [9.17, 15) is 9.90 Å². The normalized spacial score (nSPS) is 22.4. The zero-order chi connectivity index (χ0) is 22.7. The smallest absolute Gasteiger partial charge is 0.356 e. The number of methoxy groups -OCH3 is 1. The van der Waals surface area contributed by atoms with Crippen molar-refractivity contribution >= 4 is 23.4 Å². The molecule has 1 fully saturated rings. The average Bonchev–Trinajstić information content (AvgIpc) is 2.96. The number of nitrogens with zero attached hydrogens (tertiary/aromatic N) is 2. The van der Waals surface area contributed by atoms with Crippen LogP contribution in [0.2, 0.25) is 5.02 Å². The van der Waals surface area contributed by atoms with Gasteiger partial charge in [0.15, 0.2) is 17.3 Å². The van der Waals surface area contributed by atoms with Crippen LogP contribution in [0.1, 0.15) is 53.7 Å². The predicted octanol–water partition coefficient (Wildman–Crippen LogP) is 4.48. The zero-order valence-electron chi connectivity index (χ0n) is 18.7. The van der Waals surface area contributed by atoms with Gasteiger partial charge in [-0.2, -0.15) is 0 Å². The molecule has 172 valence electrons. The van der Waals surface area contributed by atoms with E-state index in [-0.39, 0.29) is 18.2 Å². The zero-order valence-corrected chi connectivity index (χ0v) is 19.5. The number of aryl methyl sites for hydroxylation is 1. The van der Waals surface area contributed by atoms with Crippen molar-refractivity contribution in [3.05, 3.63) is 52.2 Å². The number of ether oxygens (including phenoxy) is 2. The van der Waals surface area contributed by atoms with Crippen LogP contribution in [0.4, 0.5) is 5.82 Å². The third kappa shape index (κ3) is 4.71. The van der Waals surface area contributed by atoms with Gasteiger partial charge in [-0.1, -0.05) is 31.0 Å². The molecule has 6 nitrogen and oxygen atoms in total. The minimum atomic E-state index is -0.464. The Morgan fingerprint density at radius 1 is 1.28 bits per heavy atom. The molecule has 7 heteroatoms. The number of aromatic nitrogens is 1. The monoisotopic (exact) mass is 458 g/mol. The highest BCUT2D eigenvalue weighted by Crippen LogP contribution is 2.39. The number of hydrogen-bond acceptors (Lipinski definition) is 6. The van der Waals surface area contributed by atoms with Gasteiger partial charge < -0.3 is 19.5 Å². The number of esters is 1. The van der Waals surface area contributed by atoms with Crippen LogP contribution >= 0.6 is 11.6 Å². The first kappa shape index (κ1) is 22.9. The number of rotatable bonds is 7. The highest BCUT2D eigenvalue weighted by molar-refractivity contribution is 6.30. The number of carbonyl (C=O) groups excluding carboxylic acids is 1. The second kappa shape index (κ2) is 10.1. The number of pyridine rings is 1. The molecule has 2 aliphatic rings. The van der Waals surface area contributed by atoms with Crippen LogP contribution in [-0.4, -0.2) is 49.5 Å². The van der Waals surface area contributed by atoms with Gasteiger partial charge in [0.25, 0.3) is 0 Å². The van der Waals surface area contributed by atoms with Gasteiger partial charge >= 0.3 is 5.97 Å². The summed E-state index contributed by atoms with van der Waals surface area (Å²) in [5.41, 5.74) is 2.76. The Kier molecular flexibility index (Phi) is 7.21. The fourth-order valence-corrected chi connectivity index (χ4v) is 4.99. The molecule has 4 rings (SSSR count). The van der Waals surface area contributed by atoms with Gasteiger partial charge in [-0.15, -0.1) is 0 Å². The standard InChI is InChI=1S/C25H31ClN2O4/c1-3-4-16-11-20(26)7-8-21(16)19-13-28(12-17-5-6-18(17)14-29)24-23(32-15-19)10-9-22(27-24)25(30)31-2/h7-11,17-19,29H,3-6,12-15H2,1-2H3. The second-order valence-corrected chi connectivity index (χ2v) is 9.23. The minimum Gasteiger partial charge on any atom is -0.489 e. The van der Waals surface area contributed by atoms with E-state index >= 15 is 0 Å². The lowest BCUT2D eigenvalue weighted by Crippen LogP contribution is -2.41. The Balaban J connectivity index is 1.69. The van der Waals surface area contributed by atoms with Crippen molar-refractivity contribution in [3.63, 3.8) is 0 Å². The van der Waals surface area contributed by atoms with Crippen LogP contribution in [0, 0.1) is 11.8 Å². The molecule has 2 heterocycles. The van der Waals surface area contributed by atoms with Gasteiger partial charge in [0.05, 0.1) is 13.7 Å². The van der Waals surface area contributed by atoms with E-state index < -0.39 is 5.97 Å². The maximum Gasteiger partial charge on any atom is 0.356 e. The van der Waals surface area contributed by atoms with Crippen molar-refractivity contribution < 1.29 is 19.4 Å². The fourth-order valence-electron chi connectivity index (χ4n) is 4.80. The van der Waals surface area contributed by atoms with Gasteiger partial charge in [-0.3, -0.25) is 0 Å². The number of fused-ring (bicyclic) bond motifs is 1. The summed E-state index contributed by atoms with van der Waals surface area (Å²) in [6.07, 6.45) is 4.13. The van der Waals surface area contributed by atoms with Crippen molar-refractivity contribution in [2.24, 2.45) is 11.8 Å². The summed E-state index contributed by atoms with van der Waals surface area (Å²) in [6.45, 7) is 4.39. The molecule has 0 amide bonds. The number of aliphatic hydroxyl groups excluding tert-OH is 1. The van der Waals surface area contributed by atoms with E-state index in [1.165, 1.54) is 18.2 Å². The number of carbonyl (C=O) groups is 1. The number of aliphatic hydroxyl groups is 1. The maximum atomic E-state index is 12.1. The highest BCUT2D eigenvalue weighted by Gasteiger charge is 2.35. The molecule has 0 bridgehead atoms. The molecule has 2 aromatic rings. The van der Waals surface area contributed by atoms with Gasteiger partial charge in [0.1, 0.15) is 0 Å². The first-order chi connectivity index (χ1) is 15.5. The van der Waals surface area contributed by atoms with Crippen molar-refractivity contribution in [3.8, 4) is 5.75 Å². The van der Waals surface area contributed by atoms with Crippen molar-refractivity contribution in [1.29, 1.82) is 0 Å². The lowest BCUT2D eigenvalue weighted by atomic mass is 9.74. The van der Waals surface area contributed by atoms with E-state index in [1.807, 2.05) is 12.1 Å². The molecule has 32 heavy (non-hydrogen) atoms. The molecular formula is C25H31ClN2O4. The fraction of sp³-hybridized carbons (Fsp3) is 0.520. The van der Waals surface area contributed by atoms with E-state index in [1.54, 1.807) is 6.07 Å². The van der Waals surface area contributed by atoms with E-state index in [0.717, 1.165) is 43.8 Å². The molecule has 1 saturated carbocycles. The molecule has 0 saturated heterocycles. The SMILES string of the molecule is CCCc1cc(Cl)ccc1C1COc2ccc(C(=O)OC)nc2N(CC2CCC2CO)C1. The minimum absolute atomic E-state index is 0.136. The van der Waals surface area contributed by atoms with Crippen molar-refractivity contribution in [1.82, 2.24) is 4.98 Å². The number of hydrogen-bond donors (Lipinski definition) is 1. The largest absolute Gasteiger partial charge is 0.489 e. The van der Waals surface area contributed by atoms with Gasteiger partial charge in [0.2, 0.25) is 0 Å². The molecule has 3 unspecified atom stereocenters. The van der Waals surface area contributed by atoms with E-state index in [4.69, 9.17) is 21.1 Å². The van der Waals surface area contributed by atoms with Crippen LogP contribution in [0.5, 0.6) is 5.75 Å². The Morgan fingerprint density at radius 2 is 2.09 bits per heavy atom. The molecule has 1 aliphatic heterocycles. The molecule has 0 radical (unpaired) electrons. The van der Waals surface area contributed by atoms with Crippen LogP contribution in [-0.2, 0) is 11.2 Å². The number of halogens is 1. The van der Waals surface area contributed by atoms with Gasteiger partial charge in [-0.25, -0.2) is 9.78 Å². The van der Waals surface area contributed by atoms with E-state index in [2.05, 4.69) is 28.9 Å². The van der Waals surface area contributed by atoms with Crippen LogP contribution in [0.25, 0.3) is 0 Å². The van der Waals surface area contributed by atoms with Crippen LogP contribution < -0.4 is 9.64 Å². The Hall–Kier alpha value is -2.31. The van der Waals surface area contributed by atoms with Crippen molar-refractivity contribution in [2.45, 2.75) is 38.5 Å². The Labute approximate surface area is 194 Å². The average molecular weight is 459 g/mol. The molecule has 1 N–H and O–H groups in total. The molecule has 0 spiro atoms. The molecule has 1 aromatic heterocycles. The number of benzene rings is 1. The first-order valence-corrected chi connectivity index (χ1v) is 11.8. The van der Waals surface area contributed by atoms with E-state index in [0.29, 0.717) is 30.0 Å². The summed E-state index contributed by atoms with van der Waals surface area (Å²) in [6, 6.07) is 9.57. The molecule has 1 aliphatic carbocycles. The summed E-state index contributed by atoms with van der Waals surface area (Å²) >= 11 is 6.29. The van der Waals surface area contributed by atoms with Gasteiger partial charge in [-0.05, 0) is 66.5 Å². The first-order valence-electron chi connectivity index (χ1n) is 11.4. The van der Waals surface area contributed by atoms with Crippen LogP contribution in [0.15, 0.2) is 30.3 Å². The summed E-state index contributed by atoms with van der Waals surface area (Å²) in [7, 11) is 1.36. The lowest BCUT2D eigenvalue weighted by molar-refractivity contribution is 0.0594. The lowest BCUT2D eigenvalue weighted by Gasteiger charge is -2.39. The quantitative estimate of drug-likeness (QED) is 0.617. The Bertz CT molecular complexity index is 965. The predicted molar refractivity (Wildman–Crippen MR) is 125 cm³/mol. The highest BCUT2D eigenvalue weighted by atomic mass is 35.5. The summed E-state index contributed by atoms with van der Waals surface area (Å²) in [5, 5.41) is 10.5. The third-order valence-corrected chi connectivity index (χ3v) is 6.98. The molecule has 1 aromatic carbocycles. The van der Waals surface area contributed by atoms with Gasteiger partial charge in [0, 0.05) is 30.6 Å². The Morgan fingerprint density at radius 3 is 2.78 bits per heavy atom. The topological polar surface area (TPSA) is 71.9 Å². The third-order valence-electron chi connectivity index (χ3n) is 6.74. The summed E-state index contributed by atoms with van der Waals surface area (Å²) in [5.74, 6) is 1.73.